The molecule has 11 aromatic rings. The molecule has 7 aromatic carbocycles. The quantitative estimate of drug-likeness (QED) is 0.122. The Balaban J connectivity index is 0.000000213. The van der Waals surface area contributed by atoms with E-state index in [0.717, 1.165) is 83.0 Å². The average Bonchev–Trinajstić information content (AvgIpc) is 4.01. The molecular weight excluding hydrogens is 1010 g/mol. The molecule has 0 aliphatic carbocycles. The van der Waals surface area contributed by atoms with Gasteiger partial charge in [-0.15, -0.1) is 12.1 Å². The smallest absolute Gasteiger partial charge is 0.158 e. The van der Waals surface area contributed by atoms with E-state index >= 15 is 0 Å². The molecule has 63 heavy (non-hydrogen) atoms. The van der Waals surface area contributed by atoms with Gasteiger partial charge in [0.25, 0.3) is 0 Å². The summed E-state index contributed by atoms with van der Waals surface area (Å²) in [4.78, 5) is 9.83. The number of imidazole rings is 1. The van der Waals surface area contributed by atoms with Crippen molar-refractivity contribution in [3.8, 4) is 45.5 Å². The second-order valence-corrected chi connectivity index (χ2v) is 27.5. The molecule has 4 heterocycles. The van der Waals surface area contributed by atoms with Crippen LogP contribution < -0.4 is 4.40 Å². The van der Waals surface area contributed by atoms with Gasteiger partial charge in [-0.2, -0.15) is 5.26 Å². The molecule has 0 unspecified atom stereocenters. The number of rotatable bonds is 6. The molecule has 0 saturated heterocycles. The number of fused-ring (bicyclic) bond motifs is 7. The Morgan fingerprint density at radius 3 is 2.13 bits per heavy atom. The minimum Gasteiger partial charge on any atom is -0.501 e. The summed E-state index contributed by atoms with van der Waals surface area (Å²) in [6.45, 7) is 4.54. The van der Waals surface area contributed by atoms with Gasteiger partial charge in [0.2, 0.25) is 0 Å². The van der Waals surface area contributed by atoms with Crippen LogP contribution in [0.3, 0.4) is 0 Å². The monoisotopic (exact) mass is 1060 g/mol. The van der Waals surface area contributed by atoms with Crippen molar-refractivity contribution in [1.29, 1.82) is 5.26 Å². The first-order valence-corrected chi connectivity index (χ1v) is 28.2. The fourth-order valence-electron chi connectivity index (χ4n) is 8.51. The van der Waals surface area contributed by atoms with Gasteiger partial charge in [0.05, 0.1) is 39.8 Å². The van der Waals surface area contributed by atoms with Gasteiger partial charge >= 0.3 is 119 Å². The van der Waals surface area contributed by atoms with Gasteiger partial charge in [0.15, 0.2) is 5.58 Å². The number of hydrogen-bond donors (Lipinski definition) is 0. The molecule has 0 spiro atoms. The number of nitrogens with zero attached hydrogens (tertiary/aromatic N) is 4. The van der Waals surface area contributed by atoms with Gasteiger partial charge in [-0.1, -0.05) is 89.5 Å². The fourth-order valence-corrected chi connectivity index (χ4v) is 12.0. The molecule has 4 aromatic heterocycles. The van der Waals surface area contributed by atoms with E-state index in [1.165, 1.54) is 9.96 Å². The molecule has 0 N–H and O–H groups in total. The maximum atomic E-state index is 9.34. The number of benzene rings is 7. The Hall–Kier alpha value is -6.56. The summed E-state index contributed by atoms with van der Waals surface area (Å²) in [5.74, 6) is 8.54. The predicted molar refractivity (Wildman–Crippen MR) is 256 cm³/mol. The largest absolute Gasteiger partial charge is 0.501 e. The van der Waals surface area contributed by atoms with E-state index in [2.05, 4.69) is 114 Å². The van der Waals surface area contributed by atoms with Crippen molar-refractivity contribution in [3.05, 3.63) is 181 Å². The van der Waals surface area contributed by atoms with Crippen LogP contribution in [0.4, 0.5) is 0 Å². The Bertz CT molecular complexity index is 3500. The first-order chi connectivity index (χ1) is 30.2. The molecule has 0 aliphatic heterocycles. The van der Waals surface area contributed by atoms with Crippen molar-refractivity contribution in [3.63, 3.8) is 0 Å². The maximum Gasteiger partial charge on any atom is 0.158 e. The summed E-state index contributed by atoms with van der Waals surface area (Å²) >= 11 is -1.85. The second kappa shape index (κ2) is 17.0. The minimum atomic E-state index is -1.85. The normalized spacial score (nSPS) is 11.6. The van der Waals surface area contributed by atoms with Crippen LogP contribution >= 0.6 is 0 Å². The van der Waals surface area contributed by atoms with Crippen LogP contribution in [0.1, 0.15) is 30.9 Å². The van der Waals surface area contributed by atoms with Crippen molar-refractivity contribution >= 4 is 72.6 Å². The first kappa shape index (κ1) is 41.8. The number of furan rings is 2. The molecule has 6 nitrogen and oxygen atoms in total. The average molecular weight is 1060 g/mol. The van der Waals surface area contributed by atoms with Crippen molar-refractivity contribution in [2.75, 3.05) is 0 Å². The third-order valence-electron chi connectivity index (χ3n) is 11.5. The number of aromatic nitrogens is 3. The molecule has 0 amide bonds. The molecule has 0 bridgehead atoms. The van der Waals surface area contributed by atoms with E-state index in [0.29, 0.717) is 22.9 Å². The Morgan fingerprint density at radius 1 is 0.714 bits per heavy atom. The summed E-state index contributed by atoms with van der Waals surface area (Å²) in [6, 6.07) is 59.5. The van der Waals surface area contributed by atoms with Crippen LogP contribution in [0, 0.1) is 23.5 Å². The van der Waals surface area contributed by atoms with E-state index < -0.39 is 13.3 Å². The van der Waals surface area contributed by atoms with Gasteiger partial charge in [-0.05, 0) is 47.9 Å². The third kappa shape index (κ3) is 7.59. The summed E-state index contributed by atoms with van der Waals surface area (Å²) in [5, 5.41) is 13.5. The fraction of sp³-hybridized carbons (Fsp3) is 0.109. The van der Waals surface area contributed by atoms with Crippen LogP contribution in [0.15, 0.2) is 167 Å². The van der Waals surface area contributed by atoms with Crippen LogP contribution in [-0.4, -0.2) is 27.8 Å². The number of para-hydroxylation sites is 5. The van der Waals surface area contributed by atoms with Gasteiger partial charge in [-0.25, -0.2) is 0 Å². The Kier molecular flexibility index (Phi) is 11.2. The molecule has 11 rings (SSSR count). The van der Waals surface area contributed by atoms with E-state index in [1.54, 1.807) is 0 Å². The van der Waals surface area contributed by atoms with Crippen LogP contribution in [0.5, 0.6) is 0 Å². The van der Waals surface area contributed by atoms with Crippen LogP contribution in [0.2, 0.25) is 17.3 Å². The third-order valence-corrected chi connectivity index (χ3v) is 15.8. The van der Waals surface area contributed by atoms with Gasteiger partial charge < -0.3 is 13.4 Å². The summed E-state index contributed by atoms with van der Waals surface area (Å²) in [6.07, 6.45) is 2.12. The van der Waals surface area contributed by atoms with Crippen LogP contribution in [0.25, 0.3) is 94.4 Å². The van der Waals surface area contributed by atoms with E-state index in [-0.39, 0.29) is 20.1 Å². The van der Waals surface area contributed by atoms with Crippen molar-refractivity contribution in [2.24, 2.45) is 0 Å². The van der Waals surface area contributed by atoms with E-state index in [9.17, 15) is 5.26 Å². The summed E-state index contributed by atoms with van der Waals surface area (Å²) in [7, 11) is 0. The van der Waals surface area contributed by atoms with Crippen molar-refractivity contribution in [1.82, 2.24) is 14.5 Å². The van der Waals surface area contributed by atoms with Gasteiger partial charge in [0.1, 0.15) is 11.2 Å². The van der Waals surface area contributed by atoms with Crippen LogP contribution in [-0.2, 0) is 20.1 Å². The molecule has 309 valence electrons. The molecule has 0 saturated carbocycles. The number of nitriles is 1. The van der Waals surface area contributed by atoms with Crippen molar-refractivity contribution < 1.29 is 28.9 Å². The Morgan fingerprint density at radius 2 is 1.40 bits per heavy atom. The number of pyridine rings is 1. The maximum absolute atomic E-state index is 9.34. The van der Waals surface area contributed by atoms with E-state index in [4.69, 9.17) is 13.8 Å². The Labute approximate surface area is 382 Å². The summed E-state index contributed by atoms with van der Waals surface area (Å²) < 4.78 is 16.8. The zero-order valence-electron chi connectivity index (χ0n) is 35.5. The number of hydrogen-bond acceptors (Lipinski definition) is 5. The second-order valence-electron chi connectivity index (χ2n) is 16.9. The van der Waals surface area contributed by atoms with E-state index in [1.807, 2.05) is 103 Å². The SMILES string of the molecule is CC(C)c1cc(-c2[c-]cccc2)nc[c]1[Ge]([CH3])([CH3])[CH3].N#Cc1ccc(-c2c[c-]c(-c3nc4ccccc4n3-c3cccc4c3oc3ccccc34)c3oc4ccccc4c23)cc1.[Ir]. The molecule has 0 fully saturated rings. The zero-order valence-corrected chi connectivity index (χ0v) is 40.0. The molecule has 8 heteroatoms. The molecule has 0 atom stereocenters. The predicted octanol–water partition coefficient (Wildman–Crippen LogP) is 14.0. The van der Waals surface area contributed by atoms with Gasteiger partial charge in [-0.3, -0.25) is 4.98 Å². The van der Waals surface area contributed by atoms with Gasteiger partial charge in [0, 0.05) is 36.3 Å². The topological polar surface area (TPSA) is 80.8 Å². The minimum absolute atomic E-state index is 0. The van der Waals surface area contributed by atoms with Crippen molar-refractivity contribution in [2.45, 2.75) is 37.0 Å². The molecule has 1 radical (unpaired) electrons. The first-order valence-electron chi connectivity index (χ1n) is 20.9. The zero-order chi connectivity index (χ0) is 42.5. The standard InChI is InChI=1S/C38H20N3O2.C17H22GeN.Ir/c39-22-23-16-18-24(19-17-23)25-20-21-29(37-35(25)28-9-2-6-15-34(28)43-37)38-40-30-11-3-4-12-31(30)41(38)32-13-7-10-27-26-8-1-5-14-33(26)42-36(27)32;1-13(2)15-11-17(14-9-7-6-8-10-14)19-12-16(15)18(3,4)5;/h1-20H;6-9,11-13H,1-5H3;/q2*-1;. The summed E-state index contributed by atoms with van der Waals surface area (Å²) in [5.41, 5.74) is 12.8. The molecular formula is C55H42GeIrN4O2-2. The molecule has 0 aliphatic rings.